The van der Waals surface area contributed by atoms with Gasteiger partial charge in [0, 0.05) is 16.7 Å². The number of hydrogen-bond donors (Lipinski definition) is 0. The second kappa shape index (κ2) is 5.92. The van der Waals surface area contributed by atoms with Gasteiger partial charge in [-0.15, -0.1) is 0 Å². The number of fused-ring (bicyclic) bond motifs is 3. The molecule has 4 aromatic rings. The number of hydrogen-bond acceptors (Lipinski definition) is 3. The number of ketones is 2. The summed E-state index contributed by atoms with van der Waals surface area (Å²) in [6.45, 7) is 0. The third-order valence-electron chi connectivity index (χ3n) is 4.86. The van der Waals surface area contributed by atoms with E-state index in [1.54, 1.807) is 42.5 Å². The Kier molecular flexibility index (Phi) is 3.41. The smallest absolute Gasteiger partial charge is 0.198 e. The van der Waals surface area contributed by atoms with E-state index in [0.717, 1.165) is 10.8 Å². The molecule has 128 valence electrons. The Hall–Kier alpha value is -3.72. The topological polar surface area (TPSA) is 43.4 Å². The molecule has 3 nitrogen and oxygen atoms in total. The van der Waals surface area contributed by atoms with E-state index in [9.17, 15) is 9.59 Å². The molecule has 0 aliphatic heterocycles. The molecule has 0 unspecified atom stereocenters. The Morgan fingerprint density at radius 3 is 2.04 bits per heavy atom. The van der Waals surface area contributed by atoms with E-state index in [0.29, 0.717) is 33.8 Å². The van der Waals surface area contributed by atoms with Gasteiger partial charge in [0.05, 0.1) is 5.56 Å². The minimum Gasteiger partial charge on any atom is -0.457 e. The second-order valence-corrected chi connectivity index (χ2v) is 6.49. The Bertz CT molecular complexity index is 1240. The van der Waals surface area contributed by atoms with E-state index in [1.807, 2.05) is 42.5 Å². The van der Waals surface area contributed by atoms with Crippen molar-refractivity contribution in [2.24, 2.45) is 0 Å². The molecule has 5 rings (SSSR count). The first-order chi connectivity index (χ1) is 13.2. The highest BCUT2D eigenvalue weighted by Gasteiger charge is 2.32. The van der Waals surface area contributed by atoms with Gasteiger partial charge in [-0.25, -0.2) is 0 Å². The van der Waals surface area contributed by atoms with Crippen molar-refractivity contribution in [3.8, 4) is 11.5 Å². The highest BCUT2D eigenvalue weighted by atomic mass is 16.5. The molecule has 0 aromatic heterocycles. The van der Waals surface area contributed by atoms with Gasteiger partial charge in [0.15, 0.2) is 11.6 Å². The number of carbonyl (C=O) groups excluding carboxylic acids is 2. The average Bonchev–Trinajstić information content (AvgIpc) is 2.72. The second-order valence-electron chi connectivity index (χ2n) is 6.49. The maximum absolute atomic E-state index is 13.0. The molecule has 0 radical (unpaired) electrons. The van der Waals surface area contributed by atoms with Gasteiger partial charge in [-0.05, 0) is 29.0 Å². The van der Waals surface area contributed by atoms with Crippen LogP contribution < -0.4 is 4.74 Å². The van der Waals surface area contributed by atoms with Crippen molar-refractivity contribution in [1.29, 1.82) is 0 Å². The van der Waals surface area contributed by atoms with Crippen LogP contribution in [0.1, 0.15) is 31.8 Å². The van der Waals surface area contributed by atoms with Gasteiger partial charge in [0.25, 0.3) is 0 Å². The van der Waals surface area contributed by atoms with Gasteiger partial charge in [-0.1, -0.05) is 66.7 Å². The van der Waals surface area contributed by atoms with Crippen molar-refractivity contribution in [2.75, 3.05) is 0 Å². The van der Waals surface area contributed by atoms with E-state index in [-0.39, 0.29) is 11.6 Å². The van der Waals surface area contributed by atoms with Crippen LogP contribution in [-0.4, -0.2) is 11.6 Å². The van der Waals surface area contributed by atoms with Gasteiger partial charge < -0.3 is 4.74 Å². The van der Waals surface area contributed by atoms with E-state index >= 15 is 0 Å². The van der Waals surface area contributed by atoms with Crippen LogP contribution in [0.15, 0.2) is 84.9 Å². The third kappa shape index (κ3) is 2.44. The predicted octanol–water partition coefficient (Wildman–Crippen LogP) is 5.41. The molecule has 0 amide bonds. The Balaban J connectivity index is 1.62. The maximum Gasteiger partial charge on any atom is 0.198 e. The number of ether oxygens (including phenoxy) is 1. The average molecular weight is 350 g/mol. The van der Waals surface area contributed by atoms with Crippen molar-refractivity contribution in [3.05, 3.63) is 107 Å². The first-order valence-corrected chi connectivity index (χ1v) is 8.70. The summed E-state index contributed by atoms with van der Waals surface area (Å²) in [7, 11) is 0. The highest BCUT2D eigenvalue weighted by Crippen LogP contribution is 2.35. The summed E-state index contributed by atoms with van der Waals surface area (Å²) in [4.78, 5) is 25.9. The zero-order chi connectivity index (χ0) is 18.4. The lowest BCUT2D eigenvalue weighted by Crippen LogP contribution is -2.21. The molecular formula is C24H14O3. The lowest BCUT2D eigenvalue weighted by atomic mass is 9.83. The first-order valence-electron chi connectivity index (χ1n) is 8.70. The summed E-state index contributed by atoms with van der Waals surface area (Å²) in [5, 5.41) is 2.16. The molecule has 0 saturated heterocycles. The SMILES string of the molecule is O=C1c2ccccc2C(=O)c2c(Oc3ccc4ccccc4c3)cccc21. The molecule has 3 heteroatoms. The van der Waals surface area contributed by atoms with Crippen molar-refractivity contribution >= 4 is 22.3 Å². The van der Waals surface area contributed by atoms with Crippen LogP contribution in [0.25, 0.3) is 10.8 Å². The summed E-state index contributed by atoms with van der Waals surface area (Å²) in [5.74, 6) is 0.692. The van der Waals surface area contributed by atoms with E-state index in [1.165, 1.54) is 0 Å². The normalized spacial score (nSPS) is 12.6. The molecule has 1 aliphatic rings. The van der Waals surface area contributed by atoms with Gasteiger partial charge in [-0.2, -0.15) is 0 Å². The molecular weight excluding hydrogens is 336 g/mol. The molecule has 0 heterocycles. The van der Waals surface area contributed by atoms with Crippen LogP contribution in [-0.2, 0) is 0 Å². The summed E-state index contributed by atoms with van der Waals surface area (Å²) in [6.07, 6.45) is 0. The summed E-state index contributed by atoms with van der Waals surface area (Å²) >= 11 is 0. The van der Waals surface area contributed by atoms with Crippen LogP contribution in [0.4, 0.5) is 0 Å². The standard InChI is InChI=1S/C24H14O3/c25-23-18-8-3-4-9-19(18)24(26)22-20(23)10-5-11-21(22)27-17-13-12-15-6-1-2-7-16(15)14-17/h1-14H. The quantitative estimate of drug-likeness (QED) is 0.428. The molecule has 0 bridgehead atoms. The molecule has 4 aromatic carbocycles. The molecule has 0 N–H and O–H groups in total. The number of rotatable bonds is 2. The lowest BCUT2D eigenvalue weighted by molar-refractivity contribution is 0.0977. The zero-order valence-corrected chi connectivity index (χ0v) is 14.3. The Morgan fingerprint density at radius 1 is 0.556 bits per heavy atom. The number of benzene rings is 4. The zero-order valence-electron chi connectivity index (χ0n) is 14.3. The fraction of sp³-hybridized carbons (Fsp3) is 0. The Labute approximate surface area is 155 Å². The van der Waals surface area contributed by atoms with Crippen molar-refractivity contribution < 1.29 is 14.3 Å². The number of carbonyl (C=O) groups is 2. The van der Waals surface area contributed by atoms with Gasteiger partial charge >= 0.3 is 0 Å². The van der Waals surface area contributed by atoms with Crippen molar-refractivity contribution in [2.45, 2.75) is 0 Å². The van der Waals surface area contributed by atoms with E-state index < -0.39 is 0 Å². The lowest BCUT2D eigenvalue weighted by Gasteiger charge is -2.20. The van der Waals surface area contributed by atoms with Crippen LogP contribution >= 0.6 is 0 Å². The minimum atomic E-state index is -0.184. The van der Waals surface area contributed by atoms with E-state index in [4.69, 9.17) is 4.74 Å². The summed E-state index contributed by atoms with van der Waals surface area (Å²) in [6, 6.07) is 25.8. The van der Waals surface area contributed by atoms with Crippen molar-refractivity contribution in [1.82, 2.24) is 0 Å². The monoisotopic (exact) mass is 350 g/mol. The highest BCUT2D eigenvalue weighted by molar-refractivity contribution is 6.29. The van der Waals surface area contributed by atoms with E-state index in [2.05, 4.69) is 0 Å². The van der Waals surface area contributed by atoms with Crippen molar-refractivity contribution in [3.63, 3.8) is 0 Å². The van der Waals surface area contributed by atoms with Crippen LogP contribution in [0, 0.1) is 0 Å². The van der Waals surface area contributed by atoms with Crippen LogP contribution in [0.2, 0.25) is 0 Å². The first kappa shape index (κ1) is 15.5. The van der Waals surface area contributed by atoms with Crippen LogP contribution in [0.5, 0.6) is 11.5 Å². The predicted molar refractivity (Wildman–Crippen MR) is 104 cm³/mol. The van der Waals surface area contributed by atoms with Gasteiger partial charge in [-0.3, -0.25) is 9.59 Å². The molecule has 1 aliphatic carbocycles. The Morgan fingerprint density at radius 2 is 1.22 bits per heavy atom. The maximum atomic E-state index is 13.0. The fourth-order valence-corrected chi connectivity index (χ4v) is 3.56. The fourth-order valence-electron chi connectivity index (χ4n) is 3.56. The minimum absolute atomic E-state index is 0.149. The van der Waals surface area contributed by atoms with Gasteiger partial charge in [0.2, 0.25) is 0 Å². The third-order valence-corrected chi connectivity index (χ3v) is 4.86. The molecule has 0 fully saturated rings. The largest absolute Gasteiger partial charge is 0.457 e. The molecule has 0 atom stereocenters. The molecule has 0 spiro atoms. The summed E-state index contributed by atoms with van der Waals surface area (Å²) in [5.41, 5.74) is 1.58. The molecule has 0 saturated carbocycles. The van der Waals surface area contributed by atoms with Crippen LogP contribution in [0.3, 0.4) is 0 Å². The molecule has 27 heavy (non-hydrogen) atoms. The van der Waals surface area contributed by atoms with Gasteiger partial charge in [0.1, 0.15) is 11.5 Å². The summed E-state index contributed by atoms with van der Waals surface area (Å²) < 4.78 is 6.05.